The third-order valence-corrected chi connectivity index (χ3v) is 6.62. The quantitative estimate of drug-likeness (QED) is 0.771. The second kappa shape index (κ2) is 7.84. The van der Waals surface area contributed by atoms with E-state index in [9.17, 15) is 4.79 Å². The lowest BCUT2D eigenvalue weighted by Crippen LogP contribution is -2.45. The van der Waals surface area contributed by atoms with Gasteiger partial charge in [0.25, 0.3) is 5.56 Å². The summed E-state index contributed by atoms with van der Waals surface area (Å²) in [6.07, 6.45) is 6.52. The van der Waals surface area contributed by atoms with Crippen molar-refractivity contribution in [2.45, 2.75) is 50.9 Å². The minimum atomic E-state index is 0.0775. The average molecular weight is 394 g/mol. The van der Waals surface area contributed by atoms with Crippen LogP contribution in [0.1, 0.15) is 48.1 Å². The van der Waals surface area contributed by atoms with Gasteiger partial charge >= 0.3 is 6.15 Å². The number of rotatable bonds is 1. The molecule has 0 bridgehead atoms. The van der Waals surface area contributed by atoms with Crippen LogP contribution in [0.4, 0.5) is 11.6 Å². The number of aryl methyl sites for hydroxylation is 2. The molecule has 2 N–H and O–H groups in total. The highest BCUT2D eigenvalue weighted by molar-refractivity contribution is 5.63. The summed E-state index contributed by atoms with van der Waals surface area (Å²) in [4.78, 5) is 38.9. The van der Waals surface area contributed by atoms with E-state index in [0.717, 1.165) is 75.4 Å². The lowest BCUT2D eigenvalue weighted by molar-refractivity contribution is -0.191. The van der Waals surface area contributed by atoms with Crippen LogP contribution in [0.2, 0.25) is 0 Å². The Morgan fingerprint density at radius 3 is 2.62 bits per heavy atom. The Labute approximate surface area is 169 Å². The zero-order chi connectivity index (χ0) is 20.4. The van der Waals surface area contributed by atoms with Crippen molar-refractivity contribution in [1.29, 1.82) is 0 Å². The highest BCUT2D eigenvalue weighted by Gasteiger charge is 2.42. The summed E-state index contributed by atoms with van der Waals surface area (Å²) in [5.41, 5.74) is 6.45. The Bertz CT molecular complexity index is 1000. The Kier molecular flexibility index (Phi) is 5.24. The third kappa shape index (κ3) is 3.47. The van der Waals surface area contributed by atoms with Crippen molar-refractivity contribution in [3.8, 4) is 0 Å². The van der Waals surface area contributed by atoms with Crippen LogP contribution in [-0.4, -0.2) is 35.8 Å². The molecular weight excluding hydrogens is 368 g/mol. The maximum Gasteiger partial charge on any atom is 0.373 e. The van der Waals surface area contributed by atoms with Gasteiger partial charge in [0.1, 0.15) is 0 Å². The number of anilines is 2. The van der Waals surface area contributed by atoms with Gasteiger partial charge in [-0.15, -0.1) is 0 Å². The first-order valence-corrected chi connectivity index (χ1v) is 10.3. The molecule has 7 nitrogen and oxygen atoms in total. The van der Waals surface area contributed by atoms with Gasteiger partial charge in [-0.25, -0.2) is 4.98 Å². The number of carbonyl (C=O) groups excluding carboxylic acids is 2. The fourth-order valence-electron chi connectivity index (χ4n) is 5.19. The van der Waals surface area contributed by atoms with E-state index in [2.05, 4.69) is 40.3 Å². The van der Waals surface area contributed by atoms with E-state index in [-0.39, 0.29) is 17.1 Å². The number of benzene rings is 1. The number of hydrogen-bond acceptors (Lipinski definition) is 6. The summed E-state index contributed by atoms with van der Waals surface area (Å²) < 4.78 is 0. The van der Waals surface area contributed by atoms with Crippen LogP contribution in [0.25, 0.3) is 0 Å². The number of aromatic nitrogens is 2. The third-order valence-electron chi connectivity index (χ3n) is 6.62. The van der Waals surface area contributed by atoms with Crippen molar-refractivity contribution < 1.29 is 9.59 Å². The van der Waals surface area contributed by atoms with E-state index in [4.69, 9.17) is 14.6 Å². The molecule has 1 aliphatic carbocycles. The first kappa shape index (κ1) is 19.4. The standard InChI is InChI=1S/C21H26N4O.CO2/c1-14-5-4-8-17-18(14)21(13-22-17)9-11-25(12-10-21)20-23-16-7-3-2-6-15(16)19(26)24-20;2-1-3/h4-5,8,22H,2-3,6-7,9-13H2,1H3,(H,23,24,26);. The maximum absolute atomic E-state index is 12.5. The topological polar surface area (TPSA) is 95.2 Å². The largest absolute Gasteiger partial charge is 0.384 e. The van der Waals surface area contributed by atoms with Crippen LogP contribution >= 0.6 is 0 Å². The number of nitrogens with one attached hydrogen (secondary N) is 2. The fourth-order valence-corrected chi connectivity index (χ4v) is 5.19. The Hall–Kier alpha value is -2.92. The molecule has 7 heteroatoms. The van der Waals surface area contributed by atoms with E-state index >= 15 is 0 Å². The van der Waals surface area contributed by atoms with Crippen molar-refractivity contribution >= 4 is 17.8 Å². The van der Waals surface area contributed by atoms with Crippen molar-refractivity contribution in [2.24, 2.45) is 0 Å². The average Bonchev–Trinajstić information content (AvgIpc) is 3.09. The van der Waals surface area contributed by atoms with Gasteiger partial charge < -0.3 is 10.2 Å². The molecule has 0 saturated carbocycles. The van der Waals surface area contributed by atoms with Crippen molar-refractivity contribution in [3.63, 3.8) is 0 Å². The second-order valence-corrected chi connectivity index (χ2v) is 8.22. The number of fused-ring (bicyclic) bond motifs is 3. The SMILES string of the molecule is Cc1cccc2c1C1(CCN(c3nc4c(c(=O)[nH]3)CCCC4)CC1)CN2.O=C=O. The van der Waals surface area contributed by atoms with E-state index in [1.807, 2.05) is 0 Å². The Morgan fingerprint density at radius 2 is 1.86 bits per heavy atom. The first-order chi connectivity index (χ1) is 14.1. The van der Waals surface area contributed by atoms with Crippen LogP contribution in [-0.2, 0) is 27.8 Å². The van der Waals surface area contributed by atoms with Crippen LogP contribution < -0.4 is 15.8 Å². The van der Waals surface area contributed by atoms with E-state index in [1.54, 1.807) is 0 Å². The number of hydrogen-bond donors (Lipinski definition) is 2. The zero-order valence-electron chi connectivity index (χ0n) is 16.7. The van der Waals surface area contributed by atoms with Gasteiger partial charge in [0.05, 0.1) is 5.69 Å². The molecule has 2 aliphatic heterocycles. The predicted octanol–water partition coefficient (Wildman–Crippen LogP) is 2.34. The molecule has 3 aliphatic rings. The normalized spacial score (nSPS) is 18.7. The van der Waals surface area contributed by atoms with Crippen molar-refractivity contribution in [2.75, 3.05) is 29.9 Å². The lowest BCUT2D eigenvalue weighted by Gasteiger charge is -2.40. The van der Waals surface area contributed by atoms with E-state index in [0.29, 0.717) is 0 Å². The van der Waals surface area contributed by atoms with Crippen molar-refractivity contribution in [3.05, 3.63) is 50.9 Å². The zero-order valence-corrected chi connectivity index (χ0v) is 16.7. The van der Waals surface area contributed by atoms with Crippen LogP contribution in [0.5, 0.6) is 0 Å². The van der Waals surface area contributed by atoms with Crippen LogP contribution in [0.15, 0.2) is 23.0 Å². The number of H-pyrrole nitrogens is 1. The Balaban J connectivity index is 0.000000645. The van der Waals surface area contributed by atoms with Gasteiger partial charge in [0.2, 0.25) is 5.95 Å². The monoisotopic (exact) mass is 394 g/mol. The number of piperidine rings is 1. The van der Waals surface area contributed by atoms with Gasteiger partial charge in [-0.2, -0.15) is 9.59 Å². The smallest absolute Gasteiger partial charge is 0.373 e. The molecule has 1 spiro atoms. The maximum atomic E-state index is 12.5. The van der Waals surface area contributed by atoms with Crippen LogP contribution in [0.3, 0.4) is 0 Å². The number of nitrogens with zero attached hydrogens (tertiary/aromatic N) is 2. The summed E-state index contributed by atoms with van der Waals surface area (Å²) in [5.74, 6) is 0.779. The molecule has 1 aromatic heterocycles. The number of aromatic amines is 1. The highest BCUT2D eigenvalue weighted by Crippen LogP contribution is 2.45. The molecule has 0 amide bonds. The van der Waals surface area contributed by atoms with E-state index in [1.165, 1.54) is 16.8 Å². The summed E-state index contributed by atoms with van der Waals surface area (Å²) in [6.45, 7) is 5.13. The molecule has 3 heterocycles. The van der Waals surface area contributed by atoms with Crippen molar-refractivity contribution in [1.82, 2.24) is 9.97 Å². The first-order valence-electron chi connectivity index (χ1n) is 10.3. The summed E-state index contributed by atoms with van der Waals surface area (Å²) >= 11 is 0. The van der Waals surface area contributed by atoms with Gasteiger partial charge in [-0.05, 0) is 62.6 Å². The molecule has 0 unspecified atom stereocenters. The summed E-state index contributed by atoms with van der Waals surface area (Å²) in [5, 5.41) is 3.61. The molecule has 0 atom stereocenters. The molecule has 1 aromatic carbocycles. The lowest BCUT2D eigenvalue weighted by atomic mass is 9.73. The van der Waals surface area contributed by atoms with Gasteiger partial charge in [0, 0.05) is 36.3 Å². The van der Waals surface area contributed by atoms with Gasteiger partial charge in [-0.3, -0.25) is 9.78 Å². The van der Waals surface area contributed by atoms with Gasteiger partial charge in [0.15, 0.2) is 0 Å². The molecule has 1 saturated heterocycles. The van der Waals surface area contributed by atoms with Crippen LogP contribution in [0, 0.1) is 6.92 Å². The van der Waals surface area contributed by atoms with E-state index < -0.39 is 0 Å². The minimum Gasteiger partial charge on any atom is -0.384 e. The second-order valence-electron chi connectivity index (χ2n) is 8.22. The molecule has 152 valence electrons. The molecule has 29 heavy (non-hydrogen) atoms. The molecule has 2 aromatic rings. The molecule has 1 fully saturated rings. The fraction of sp³-hybridized carbons (Fsp3) is 0.500. The summed E-state index contributed by atoms with van der Waals surface area (Å²) in [6, 6.07) is 6.56. The van der Waals surface area contributed by atoms with Gasteiger partial charge in [-0.1, -0.05) is 12.1 Å². The predicted molar refractivity (Wildman–Crippen MR) is 109 cm³/mol. The molecule has 5 rings (SSSR count). The Morgan fingerprint density at radius 1 is 1.14 bits per heavy atom. The summed E-state index contributed by atoms with van der Waals surface area (Å²) in [7, 11) is 0. The molecule has 0 radical (unpaired) electrons. The molecular formula is C22H26N4O3. The minimum absolute atomic E-state index is 0.0775. The highest BCUT2D eigenvalue weighted by atomic mass is 16.2.